The summed E-state index contributed by atoms with van der Waals surface area (Å²) in [6, 6.07) is -8.59. The second-order valence-electron chi connectivity index (χ2n) is 29.6. The maximum absolute atomic E-state index is 15.8. The lowest BCUT2D eigenvalue weighted by molar-refractivity contribution is -0.182. The fourth-order valence-electron chi connectivity index (χ4n) is 16.2. The summed E-state index contributed by atoms with van der Waals surface area (Å²) in [4.78, 5) is 190. The molecule has 7 aliphatic rings. The molecule has 3 N–H and O–H groups in total. The molecule has 3 aliphatic heterocycles. The Bertz CT molecular complexity index is 2870. The minimum absolute atomic E-state index is 0.000466. The molecule has 99 heavy (non-hydrogen) atoms. The maximum atomic E-state index is 15.8. The lowest BCUT2D eigenvalue weighted by Crippen LogP contribution is -2.65. The first-order valence-corrected chi connectivity index (χ1v) is 36.9. The smallest absolute Gasteiger partial charge is 0.378 e. The van der Waals surface area contributed by atoms with Crippen LogP contribution < -0.4 is 16.0 Å². The van der Waals surface area contributed by atoms with Crippen LogP contribution in [-0.4, -0.2) is 276 Å². The highest BCUT2D eigenvalue weighted by molar-refractivity contribution is 6.21. The first-order chi connectivity index (χ1) is 46.8. The summed E-state index contributed by atoms with van der Waals surface area (Å²) in [7, 11) is 9.99. The Labute approximate surface area is 587 Å². The molecule has 29 heteroatoms. The molecule has 0 aromatic carbocycles. The van der Waals surface area contributed by atoms with Gasteiger partial charge in [0.1, 0.15) is 47.8 Å². The summed E-state index contributed by atoms with van der Waals surface area (Å²) in [5.74, 6) is -10.5. The van der Waals surface area contributed by atoms with Gasteiger partial charge in [0.25, 0.3) is 0 Å². The zero-order chi connectivity index (χ0) is 72.8. The molecule has 25 nitrogen and oxygen atoms in total. The average molecular weight is 1420 g/mol. The van der Waals surface area contributed by atoms with E-state index in [2.05, 4.69) is 16.0 Å². The highest BCUT2D eigenvalue weighted by Crippen LogP contribution is 2.44. The summed E-state index contributed by atoms with van der Waals surface area (Å²) in [6.07, 6.45) is 4.93. The van der Waals surface area contributed by atoms with E-state index < -0.39 is 174 Å². The van der Waals surface area contributed by atoms with Crippen LogP contribution in [0.1, 0.15) is 181 Å². The van der Waals surface area contributed by atoms with Gasteiger partial charge in [0, 0.05) is 74.3 Å². The Morgan fingerprint density at radius 1 is 0.606 bits per heavy atom. The number of fused-ring (bicyclic) bond motifs is 1. The lowest BCUT2D eigenvalue weighted by Gasteiger charge is -2.43. The number of likely N-dealkylation sites (N-methyl/N-ethyl adjacent to an activating group) is 7. The third-order valence-corrected chi connectivity index (χ3v) is 23.2. The molecule has 0 aromatic rings. The first-order valence-electron chi connectivity index (χ1n) is 36.4. The van der Waals surface area contributed by atoms with Gasteiger partial charge < -0.3 is 64.8 Å². The van der Waals surface area contributed by atoms with Gasteiger partial charge in [0.2, 0.25) is 70.9 Å². The van der Waals surface area contributed by atoms with E-state index >= 15 is 24.0 Å². The van der Waals surface area contributed by atoms with Gasteiger partial charge in [-0.2, -0.15) is 13.2 Å². The topological polar surface area (TPSA) is 279 Å². The van der Waals surface area contributed by atoms with Gasteiger partial charge in [-0.1, -0.05) is 91.4 Å². The van der Waals surface area contributed by atoms with E-state index in [1.807, 2.05) is 13.8 Å². The predicted octanol–water partition coefficient (Wildman–Crippen LogP) is 4.69. The van der Waals surface area contributed by atoms with Crippen LogP contribution in [0, 0.1) is 29.6 Å². The van der Waals surface area contributed by atoms with Gasteiger partial charge in [0.15, 0.2) is 0 Å². The van der Waals surface area contributed by atoms with Crippen LogP contribution in [-0.2, 0) is 62.3 Å². The number of halogens is 4. The van der Waals surface area contributed by atoms with Crippen molar-refractivity contribution in [3.8, 4) is 0 Å². The molecule has 7 fully saturated rings. The van der Waals surface area contributed by atoms with Crippen molar-refractivity contribution < 1.29 is 75.4 Å². The normalized spacial score (nSPS) is 30.1. The Morgan fingerprint density at radius 2 is 1.22 bits per heavy atom. The number of nitrogens with zero attached hydrogens (tertiary/aromatic N) is 9. The van der Waals surface area contributed by atoms with Crippen LogP contribution in [0.3, 0.4) is 0 Å². The van der Waals surface area contributed by atoms with Crippen LogP contribution in [0.2, 0.25) is 0 Å². The van der Waals surface area contributed by atoms with Gasteiger partial charge in [-0.25, -0.2) is 0 Å². The second kappa shape index (κ2) is 36.0. The molecule has 4 saturated carbocycles. The van der Waals surface area contributed by atoms with Gasteiger partial charge in [-0.15, -0.1) is 11.6 Å². The summed E-state index contributed by atoms with van der Waals surface area (Å²) < 4.78 is 47.6. The number of ether oxygens (including phenoxy) is 1. The highest BCUT2D eigenvalue weighted by atomic mass is 35.5. The minimum atomic E-state index is -4.51. The molecular formula is C70H112ClF3N12O13. The Morgan fingerprint density at radius 3 is 1.84 bits per heavy atom. The Balaban J connectivity index is 1.27. The molecular weight excluding hydrogens is 1310 g/mol. The van der Waals surface area contributed by atoms with E-state index in [1.54, 1.807) is 6.92 Å². The Kier molecular flexibility index (Phi) is 29.1. The molecule has 0 radical (unpaired) electrons. The van der Waals surface area contributed by atoms with Crippen LogP contribution >= 0.6 is 11.6 Å². The number of carbonyl (C=O) groups excluding carboxylic acids is 12. The fraction of sp³-hybridized carbons (Fsp3) is 0.829. The van der Waals surface area contributed by atoms with Gasteiger partial charge in [-0.3, -0.25) is 57.5 Å². The summed E-state index contributed by atoms with van der Waals surface area (Å²) >= 11 is 6.40. The van der Waals surface area contributed by atoms with E-state index in [4.69, 9.17) is 16.3 Å². The van der Waals surface area contributed by atoms with Crippen molar-refractivity contribution >= 4 is 82.5 Å². The molecule has 7 rings (SSSR count). The number of hydrogen-bond donors (Lipinski definition) is 3. The van der Waals surface area contributed by atoms with E-state index in [0.29, 0.717) is 44.9 Å². The van der Waals surface area contributed by atoms with E-state index in [0.717, 1.165) is 59.6 Å². The molecule has 0 bridgehead atoms. The van der Waals surface area contributed by atoms with Crippen molar-refractivity contribution in [3.05, 3.63) is 0 Å². The lowest BCUT2D eigenvalue weighted by atomic mass is 9.78. The summed E-state index contributed by atoms with van der Waals surface area (Å²) in [5.41, 5.74) is -1.56. The van der Waals surface area contributed by atoms with Crippen molar-refractivity contribution in [2.45, 2.75) is 241 Å². The molecule has 3 heterocycles. The van der Waals surface area contributed by atoms with E-state index in [1.165, 1.54) is 78.7 Å². The van der Waals surface area contributed by atoms with Crippen LogP contribution in [0.4, 0.5) is 13.2 Å². The monoisotopic (exact) mass is 1420 g/mol. The van der Waals surface area contributed by atoms with Crippen LogP contribution in [0.5, 0.6) is 0 Å². The third kappa shape index (κ3) is 20.1. The molecule has 3 unspecified atom stereocenters. The van der Waals surface area contributed by atoms with E-state index in [9.17, 15) is 46.7 Å². The standard InChI is InChI=1S/C70H112ClF3N12O13/c1-11-21-51-61(91)76-59(44(3)12-2)66(96)80(6)42-57(89)78(4)43-58(90)82(8)53(39-45-22-16-17-23-45)64(94)79(5)41-55(87)75-50(30-28-46-27-29-48(49(71)38-46)70(72,73)74)63(93)86-33-20-26-52(86)62(92)77-69(31-18-19-32-69)68(98)84(10)60(47-24-14-13-15-25-47)67(97)83(9)54(40-56(88)81(51)7)65(95)85-34-36-99-37-35-85/h44-54,59-60H,11-43H2,1-10H3,(H,75,87)(H,76,91)(H,77,92)/t44-,46?,48?,49?,50-,51-,52-,53-,54-,59-,60-/m0/s1. The average Bonchev–Trinajstić information content (AvgIpc) is 1.75. The zero-order valence-electron chi connectivity index (χ0n) is 60.2. The molecule has 558 valence electrons. The number of rotatable bonds is 11. The summed E-state index contributed by atoms with van der Waals surface area (Å²) in [5, 5.41) is 7.58. The third-order valence-electron chi connectivity index (χ3n) is 22.7. The van der Waals surface area contributed by atoms with Gasteiger partial charge in [0.05, 0.1) is 45.2 Å². The number of morpholine rings is 1. The molecule has 3 saturated heterocycles. The predicted molar refractivity (Wildman–Crippen MR) is 362 cm³/mol. The summed E-state index contributed by atoms with van der Waals surface area (Å²) in [6.45, 7) is 4.58. The quantitative estimate of drug-likeness (QED) is 0.237. The first kappa shape index (κ1) is 80.0. The number of hydrogen-bond acceptors (Lipinski definition) is 13. The largest absolute Gasteiger partial charge is 0.393 e. The van der Waals surface area contributed by atoms with E-state index in [-0.39, 0.29) is 109 Å². The van der Waals surface area contributed by atoms with Gasteiger partial charge >= 0.3 is 6.18 Å². The molecule has 1 spiro atoms. The molecule has 11 atom stereocenters. The fourth-order valence-corrected chi connectivity index (χ4v) is 16.7. The number of carbonyl (C=O) groups is 12. The van der Waals surface area contributed by atoms with Crippen molar-refractivity contribution in [2.75, 3.05) is 102 Å². The van der Waals surface area contributed by atoms with Crippen molar-refractivity contribution in [3.63, 3.8) is 0 Å². The zero-order valence-corrected chi connectivity index (χ0v) is 60.9. The molecule has 4 aliphatic carbocycles. The molecule has 12 amide bonds. The second-order valence-corrected chi connectivity index (χ2v) is 30.2. The van der Waals surface area contributed by atoms with Gasteiger partial charge in [-0.05, 0) is 107 Å². The minimum Gasteiger partial charge on any atom is -0.378 e. The number of amides is 12. The number of nitrogens with one attached hydrogen (secondary N) is 3. The highest BCUT2D eigenvalue weighted by Gasteiger charge is 2.52. The maximum Gasteiger partial charge on any atom is 0.393 e. The Hall–Kier alpha value is -6.32. The van der Waals surface area contributed by atoms with Crippen LogP contribution in [0.25, 0.3) is 0 Å². The number of alkyl halides is 4. The molecule has 0 aromatic heterocycles. The van der Waals surface area contributed by atoms with Crippen molar-refractivity contribution in [2.24, 2.45) is 29.6 Å². The van der Waals surface area contributed by atoms with Crippen molar-refractivity contribution in [1.29, 1.82) is 0 Å². The van der Waals surface area contributed by atoms with Crippen molar-refractivity contribution in [1.82, 2.24) is 60.0 Å². The SMILES string of the molecule is CCC[C@H]1C(=O)N[C@@H]([C@@H](C)CC)C(=O)N(C)CC(=O)N(C)CC(=O)N(C)[C@@H](CC2CCCC2)C(=O)N(C)CC(=O)N[C@@H](CCC2CCC(C(F)(F)F)C(Cl)C2)C(=O)N2CCC[C@H]2C(=O)NC2(CCCC2)C(=O)N(C)[C@@H](C2CCCCC2)C(=O)N(C)[C@H](C(=O)N2CCOCC2)CC(=O)N1C. The van der Waals surface area contributed by atoms with Crippen LogP contribution in [0.15, 0.2) is 0 Å².